The molecule has 0 atom stereocenters. The van der Waals surface area contributed by atoms with Crippen molar-refractivity contribution in [2.75, 3.05) is 4.90 Å². The van der Waals surface area contributed by atoms with Crippen LogP contribution in [0, 0.1) is 0 Å². The van der Waals surface area contributed by atoms with E-state index < -0.39 is 0 Å². The molecule has 0 saturated heterocycles. The smallest absolute Gasteiger partial charge is 0.0502 e. The quantitative estimate of drug-likeness (QED) is 0.430. The van der Waals surface area contributed by atoms with E-state index in [0.717, 1.165) is 0 Å². The van der Waals surface area contributed by atoms with Gasteiger partial charge in [0.2, 0.25) is 0 Å². The molecule has 0 fully saturated rings. The van der Waals surface area contributed by atoms with E-state index in [1.165, 1.54) is 33.8 Å². The average molecular weight is 358 g/mol. The third-order valence-corrected chi connectivity index (χ3v) is 5.61. The summed E-state index contributed by atoms with van der Waals surface area (Å²) in [4.78, 5) is 2.42. The lowest BCUT2D eigenvalue weighted by molar-refractivity contribution is 0.590. The van der Waals surface area contributed by atoms with E-state index in [0.29, 0.717) is 0 Å². The lowest BCUT2D eigenvalue weighted by atomic mass is 9.73. The van der Waals surface area contributed by atoms with Crippen molar-refractivity contribution in [2.24, 2.45) is 0 Å². The van der Waals surface area contributed by atoms with Gasteiger partial charge in [-0.3, -0.25) is 0 Å². The van der Waals surface area contributed by atoms with Gasteiger partial charge in [-0.25, -0.2) is 0 Å². The zero-order valence-electron chi connectivity index (χ0n) is 16.4. The molecule has 140 valence electrons. The Balaban J connectivity index is 0.00000210. The second-order valence-electron chi connectivity index (χ2n) is 8.80. The normalized spacial score (nSPS) is 14.8. The third kappa shape index (κ3) is 3.06. The Kier molecular flexibility index (Phi) is 4.67. The van der Waals surface area contributed by atoms with E-state index in [-0.39, 0.29) is 18.3 Å². The summed E-state index contributed by atoms with van der Waals surface area (Å²) < 4.78 is 0. The fraction of sp³-hybridized carbons (Fsp3) is 0.308. The molecule has 1 nitrogen and oxygen atoms in total. The highest BCUT2D eigenvalue weighted by molar-refractivity contribution is 5.85. The molecule has 3 aromatic carbocycles. The maximum atomic E-state index is 2.42. The number of hydrogen-bond acceptors (Lipinski definition) is 1. The number of anilines is 3. The molecule has 0 radical (unpaired) electrons. The van der Waals surface area contributed by atoms with Gasteiger partial charge >= 0.3 is 0 Å². The van der Waals surface area contributed by atoms with Gasteiger partial charge in [-0.05, 0) is 46.4 Å². The Bertz CT molecular complexity index is 910. The number of hydrogen-bond donors (Lipinski definition) is 0. The number of fused-ring (bicyclic) bond motifs is 2. The van der Waals surface area contributed by atoms with Crippen LogP contribution in [0.3, 0.4) is 0 Å². The van der Waals surface area contributed by atoms with E-state index in [4.69, 9.17) is 0 Å². The molecule has 0 spiro atoms. The molecule has 1 aliphatic heterocycles. The highest BCUT2D eigenvalue weighted by atomic mass is 15.2. The summed E-state index contributed by atoms with van der Waals surface area (Å²) in [6, 6.07) is 26.6. The standard InChI is InChI=1S/C25H27N.CH4/c1-24(2,3)18-11-10-12-19(17-18)26-22-15-8-6-13-20(22)25(4,5)21-14-7-9-16-23(21)26;/h6-17H,1-5H3;1H4. The largest absolute Gasteiger partial charge is 0.310 e. The van der Waals surface area contributed by atoms with Crippen LogP contribution < -0.4 is 4.90 Å². The monoisotopic (exact) mass is 357 g/mol. The fourth-order valence-electron chi connectivity index (χ4n) is 4.06. The van der Waals surface area contributed by atoms with Gasteiger partial charge in [0.15, 0.2) is 0 Å². The maximum Gasteiger partial charge on any atom is 0.0502 e. The molecule has 0 N–H and O–H groups in total. The molecular formula is C26H31N. The summed E-state index contributed by atoms with van der Waals surface area (Å²) in [5.74, 6) is 0. The third-order valence-electron chi connectivity index (χ3n) is 5.61. The number of benzene rings is 3. The highest BCUT2D eigenvalue weighted by Gasteiger charge is 2.36. The minimum absolute atomic E-state index is 0. The van der Waals surface area contributed by atoms with E-state index in [1.807, 2.05) is 0 Å². The van der Waals surface area contributed by atoms with Crippen LogP contribution in [0.4, 0.5) is 17.1 Å². The van der Waals surface area contributed by atoms with Crippen molar-refractivity contribution in [3.63, 3.8) is 0 Å². The summed E-state index contributed by atoms with van der Waals surface area (Å²) in [6.07, 6.45) is 0. The zero-order chi connectivity index (χ0) is 18.5. The van der Waals surface area contributed by atoms with Crippen LogP contribution in [0.2, 0.25) is 0 Å². The Labute approximate surface area is 164 Å². The van der Waals surface area contributed by atoms with Crippen LogP contribution in [0.25, 0.3) is 0 Å². The van der Waals surface area contributed by atoms with E-state index in [2.05, 4.69) is 112 Å². The van der Waals surface area contributed by atoms with E-state index in [9.17, 15) is 0 Å². The maximum absolute atomic E-state index is 2.42. The Morgan fingerprint density at radius 2 is 1.22 bits per heavy atom. The lowest BCUT2D eigenvalue weighted by Crippen LogP contribution is -2.30. The summed E-state index contributed by atoms with van der Waals surface area (Å²) in [6.45, 7) is 11.5. The summed E-state index contributed by atoms with van der Waals surface area (Å²) >= 11 is 0. The Morgan fingerprint density at radius 3 is 1.74 bits per heavy atom. The highest BCUT2D eigenvalue weighted by Crippen LogP contribution is 2.51. The van der Waals surface area contributed by atoms with Gasteiger partial charge < -0.3 is 4.90 Å². The van der Waals surface area contributed by atoms with Crippen molar-refractivity contribution in [1.82, 2.24) is 0 Å². The molecule has 0 amide bonds. The van der Waals surface area contributed by atoms with Gasteiger partial charge in [0.05, 0.1) is 11.4 Å². The topological polar surface area (TPSA) is 3.24 Å². The second-order valence-corrected chi connectivity index (χ2v) is 8.80. The minimum Gasteiger partial charge on any atom is -0.310 e. The van der Waals surface area contributed by atoms with Crippen molar-refractivity contribution in [1.29, 1.82) is 0 Å². The predicted molar refractivity (Wildman–Crippen MR) is 119 cm³/mol. The lowest BCUT2D eigenvalue weighted by Gasteiger charge is -2.42. The SMILES string of the molecule is C.CC(C)(C)c1cccc(N2c3ccccc3C(C)(C)c3ccccc32)c1. The molecule has 0 aliphatic carbocycles. The Morgan fingerprint density at radius 1 is 0.704 bits per heavy atom. The molecule has 0 unspecified atom stereocenters. The van der Waals surface area contributed by atoms with Gasteiger partial charge in [0.1, 0.15) is 0 Å². The van der Waals surface area contributed by atoms with Crippen LogP contribution in [0.1, 0.15) is 58.7 Å². The van der Waals surface area contributed by atoms with Crippen molar-refractivity contribution in [2.45, 2.75) is 52.9 Å². The van der Waals surface area contributed by atoms with Crippen LogP contribution >= 0.6 is 0 Å². The summed E-state index contributed by atoms with van der Waals surface area (Å²) in [7, 11) is 0. The van der Waals surface area contributed by atoms with Crippen LogP contribution in [-0.4, -0.2) is 0 Å². The van der Waals surface area contributed by atoms with Gasteiger partial charge in [-0.1, -0.05) is 90.6 Å². The van der Waals surface area contributed by atoms with Crippen molar-refractivity contribution in [3.8, 4) is 0 Å². The first-order valence-electron chi connectivity index (χ1n) is 9.40. The summed E-state index contributed by atoms with van der Waals surface area (Å²) in [5, 5.41) is 0. The first-order chi connectivity index (χ1) is 12.3. The van der Waals surface area contributed by atoms with Crippen molar-refractivity contribution in [3.05, 3.63) is 89.5 Å². The van der Waals surface area contributed by atoms with Crippen LogP contribution in [0.15, 0.2) is 72.8 Å². The van der Waals surface area contributed by atoms with Gasteiger partial charge in [0.25, 0.3) is 0 Å². The molecule has 0 bridgehead atoms. The molecule has 0 saturated carbocycles. The molecule has 1 aliphatic rings. The zero-order valence-corrected chi connectivity index (χ0v) is 16.4. The van der Waals surface area contributed by atoms with E-state index >= 15 is 0 Å². The van der Waals surface area contributed by atoms with Gasteiger partial charge in [0, 0.05) is 11.1 Å². The average Bonchev–Trinajstić information content (AvgIpc) is 2.62. The second kappa shape index (κ2) is 6.56. The molecule has 1 heteroatoms. The molecule has 27 heavy (non-hydrogen) atoms. The predicted octanol–water partition coefficient (Wildman–Crippen LogP) is 7.73. The molecular weight excluding hydrogens is 326 g/mol. The Hall–Kier alpha value is -2.54. The fourth-order valence-corrected chi connectivity index (χ4v) is 4.06. The molecule has 3 aromatic rings. The molecule has 4 rings (SSSR count). The van der Waals surface area contributed by atoms with Crippen LogP contribution in [-0.2, 0) is 10.8 Å². The number of rotatable bonds is 1. The first-order valence-corrected chi connectivity index (χ1v) is 9.40. The first kappa shape index (κ1) is 19.2. The summed E-state index contributed by atoms with van der Waals surface area (Å²) in [5.41, 5.74) is 8.02. The van der Waals surface area contributed by atoms with Crippen LogP contribution in [0.5, 0.6) is 0 Å². The van der Waals surface area contributed by atoms with Gasteiger partial charge in [-0.15, -0.1) is 0 Å². The number of para-hydroxylation sites is 2. The number of nitrogens with zero attached hydrogens (tertiary/aromatic N) is 1. The molecule has 1 heterocycles. The van der Waals surface area contributed by atoms with E-state index in [1.54, 1.807) is 0 Å². The van der Waals surface area contributed by atoms with Gasteiger partial charge in [-0.2, -0.15) is 0 Å². The minimum atomic E-state index is -0.00861. The van der Waals surface area contributed by atoms with Crippen molar-refractivity contribution >= 4 is 17.1 Å². The molecule has 0 aromatic heterocycles. The van der Waals surface area contributed by atoms with Crippen molar-refractivity contribution < 1.29 is 0 Å².